The van der Waals surface area contributed by atoms with Crippen molar-refractivity contribution in [2.45, 2.75) is 27.2 Å². The molecule has 0 saturated heterocycles. The lowest BCUT2D eigenvalue weighted by Crippen LogP contribution is -2.26. The summed E-state index contributed by atoms with van der Waals surface area (Å²) in [4.78, 5) is 12.3. The Kier molecular flexibility index (Phi) is 5.91. The summed E-state index contributed by atoms with van der Waals surface area (Å²) in [5.41, 5.74) is 3.88. The molecule has 0 bridgehead atoms. The van der Waals surface area contributed by atoms with Crippen molar-refractivity contribution >= 4 is 28.6 Å². The fraction of sp³-hybridized carbons (Fsp3) is 0.471. The summed E-state index contributed by atoms with van der Waals surface area (Å²) in [5.74, 6) is 2.00. The number of benzene rings is 1. The molecule has 0 radical (unpaired) electrons. The van der Waals surface area contributed by atoms with Crippen LogP contribution in [0.4, 0.5) is 0 Å². The van der Waals surface area contributed by atoms with E-state index in [4.69, 9.17) is 9.52 Å². The van der Waals surface area contributed by atoms with E-state index >= 15 is 0 Å². The maximum atomic E-state index is 12.3. The monoisotopic (exact) mass is 321 g/mol. The zero-order valence-electron chi connectivity index (χ0n) is 13.4. The van der Waals surface area contributed by atoms with Gasteiger partial charge in [0.2, 0.25) is 0 Å². The van der Waals surface area contributed by atoms with E-state index in [1.165, 1.54) is 0 Å². The van der Waals surface area contributed by atoms with Crippen LogP contribution in [0.25, 0.3) is 11.0 Å². The van der Waals surface area contributed by atoms with E-state index in [0.717, 1.165) is 45.6 Å². The summed E-state index contributed by atoms with van der Waals surface area (Å²) in [5, 5.41) is 12.7. The Morgan fingerprint density at radius 1 is 1.23 bits per heavy atom. The molecule has 2 rings (SSSR count). The van der Waals surface area contributed by atoms with Crippen LogP contribution in [-0.2, 0) is 0 Å². The average Bonchev–Trinajstić information content (AvgIpc) is 2.85. The van der Waals surface area contributed by atoms with E-state index in [2.05, 4.69) is 11.4 Å². The van der Waals surface area contributed by atoms with E-state index in [0.29, 0.717) is 12.3 Å². The molecule has 1 amide bonds. The Morgan fingerprint density at radius 3 is 2.64 bits per heavy atom. The van der Waals surface area contributed by atoms with Crippen LogP contribution in [0.3, 0.4) is 0 Å². The Bertz CT molecular complexity index is 663. The fourth-order valence-corrected chi connectivity index (χ4v) is 3.26. The minimum atomic E-state index is -0.157. The molecule has 22 heavy (non-hydrogen) atoms. The third-order valence-electron chi connectivity index (χ3n) is 3.67. The molecule has 120 valence electrons. The summed E-state index contributed by atoms with van der Waals surface area (Å²) >= 11 is 1.72. The molecule has 0 unspecified atom stereocenters. The zero-order chi connectivity index (χ0) is 16.1. The van der Waals surface area contributed by atoms with Crippen molar-refractivity contribution in [1.82, 2.24) is 5.32 Å². The normalized spacial score (nSPS) is 11.1. The number of hydrogen-bond donors (Lipinski definition) is 2. The molecule has 1 aromatic heterocycles. The second-order valence-electron chi connectivity index (χ2n) is 5.41. The molecule has 0 atom stereocenters. The summed E-state index contributed by atoms with van der Waals surface area (Å²) in [6.07, 6.45) is 0.792. The van der Waals surface area contributed by atoms with Crippen LogP contribution in [0.2, 0.25) is 0 Å². The van der Waals surface area contributed by atoms with Gasteiger partial charge in [-0.25, -0.2) is 0 Å². The molecular weight excluding hydrogens is 298 g/mol. The second kappa shape index (κ2) is 7.70. The predicted octanol–water partition coefficient (Wildman–Crippen LogP) is 3.20. The smallest absolute Gasteiger partial charge is 0.287 e. The minimum Gasteiger partial charge on any atom is -0.450 e. The Hall–Kier alpha value is -1.46. The van der Waals surface area contributed by atoms with Crippen molar-refractivity contribution in [3.8, 4) is 0 Å². The first-order valence-corrected chi connectivity index (χ1v) is 8.67. The number of nitrogens with one attached hydrogen (secondary N) is 1. The number of aryl methyl sites for hydroxylation is 3. The number of carbonyl (C=O) groups excluding carboxylic acids is 1. The number of hydrogen-bond acceptors (Lipinski definition) is 4. The van der Waals surface area contributed by atoms with Gasteiger partial charge in [0.15, 0.2) is 5.76 Å². The van der Waals surface area contributed by atoms with Gasteiger partial charge in [-0.3, -0.25) is 4.79 Å². The van der Waals surface area contributed by atoms with E-state index in [1.54, 1.807) is 11.8 Å². The summed E-state index contributed by atoms with van der Waals surface area (Å²) < 4.78 is 5.82. The molecule has 2 N–H and O–H groups in total. The van der Waals surface area contributed by atoms with Crippen LogP contribution in [0.5, 0.6) is 0 Å². The number of fused-ring (bicyclic) bond motifs is 1. The lowest BCUT2D eigenvalue weighted by atomic mass is 10.0. The Balaban J connectivity index is 2.04. The first kappa shape index (κ1) is 16.9. The van der Waals surface area contributed by atoms with Gasteiger partial charge >= 0.3 is 0 Å². The van der Waals surface area contributed by atoms with Crippen LogP contribution in [-0.4, -0.2) is 35.7 Å². The maximum Gasteiger partial charge on any atom is 0.287 e. The van der Waals surface area contributed by atoms with Crippen LogP contribution < -0.4 is 5.32 Å². The van der Waals surface area contributed by atoms with Crippen LogP contribution in [0, 0.1) is 20.8 Å². The zero-order valence-corrected chi connectivity index (χ0v) is 14.2. The summed E-state index contributed by atoms with van der Waals surface area (Å²) in [7, 11) is 0. The SMILES string of the molecule is Cc1ccc(C)c2c(C)c(C(=O)NCCSCCCO)oc12. The number of aliphatic hydroxyl groups is 1. The third-order valence-corrected chi connectivity index (χ3v) is 4.74. The largest absolute Gasteiger partial charge is 0.450 e. The Morgan fingerprint density at radius 2 is 1.95 bits per heavy atom. The highest BCUT2D eigenvalue weighted by Crippen LogP contribution is 2.30. The van der Waals surface area contributed by atoms with Gasteiger partial charge in [-0.15, -0.1) is 0 Å². The number of rotatable bonds is 7. The van der Waals surface area contributed by atoms with Gasteiger partial charge in [0.1, 0.15) is 5.58 Å². The maximum absolute atomic E-state index is 12.3. The predicted molar refractivity (Wildman–Crippen MR) is 91.8 cm³/mol. The molecule has 0 aliphatic carbocycles. The van der Waals surface area contributed by atoms with E-state index in [-0.39, 0.29) is 12.5 Å². The number of amides is 1. The molecule has 5 heteroatoms. The number of aliphatic hydroxyl groups excluding tert-OH is 1. The highest BCUT2D eigenvalue weighted by atomic mass is 32.2. The van der Waals surface area contributed by atoms with Crippen molar-refractivity contribution in [1.29, 1.82) is 0 Å². The second-order valence-corrected chi connectivity index (χ2v) is 6.63. The molecule has 0 spiro atoms. The number of carbonyl (C=O) groups is 1. The molecule has 0 fully saturated rings. The topological polar surface area (TPSA) is 62.5 Å². The molecular formula is C17H23NO3S. The first-order chi connectivity index (χ1) is 10.6. The van der Waals surface area contributed by atoms with Crippen molar-refractivity contribution in [3.05, 3.63) is 34.6 Å². The molecule has 0 aliphatic heterocycles. The molecule has 4 nitrogen and oxygen atoms in total. The van der Waals surface area contributed by atoms with Crippen molar-refractivity contribution in [2.24, 2.45) is 0 Å². The van der Waals surface area contributed by atoms with Gasteiger partial charge in [-0.2, -0.15) is 11.8 Å². The molecule has 0 aliphatic rings. The highest BCUT2D eigenvalue weighted by molar-refractivity contribution is 7.99. The van der Waals surface area contributed by atoms with Crippen LogP contribution in [0.1, 0.15) is 33.7 Å². The minimum absolute atomic E-state index is 0.157. The number of thioether (sulfide) groups is 1. The van der Waals surface area contributed by atoms with Crippen molar-refractivity contribution in [2.75, 3.05) is 24.7 Å². The highest BCUT2D eigenvalue weighted by Gasteiger charge is 2.19. The molecule has 1 aromatic carbocycles. The molecule has 1 heterocycles. The van der Waals surface area contributed by atoms with Gasteiger partial charge in [-0.1, -0.05) is 12.1 Å². The summed E-state index contributed by atoms with van der Waals surface area (Å²) in [6.45, 7) is 6.77. The lowest BCUT2D eigenvalue weighted by molar-refractivity contribution is 0.0930. The summed E-state index contributed by atoms with van der Waals surface area (Å²) in [6, 6.07) is 4.07. The number of furan rings is 1. The first-order valence-electron chi connectivity index (χ1n) is 7.52. The third kappa shape index (κ3) is 3.65. The van der Waals surface area contributed by atoms with Crippen LogP contribution in [0.15, 0.2) is 16.5 Å². The van der Waals surface area contributed by atoms with Crippen LogP contribution >= 0.6 is 11.8 Å². The lowest BCUT2D eigenvalue weighted by Gasteiger charge is -2.03. The van der Waals surface area contributed by atoms with Gasteiger partial charge in [-0.05, 0) is 44.1 Å². The standard InChI is InChI=1S/C17H23NO3S/c1-11-5-6-12(2)15-14(11)13(3)16(21-15)17(20)18-7-10-22-9-4-8-19/h5-6,19H,4,7-10H2,1-3H3,(H,18,20). The van der Waals surface area contributed by atoms with Crippen molar-refractivity contribution < 1.29 is 14.3 Å². The quantitative estimate of drug-likeness (QED) is 0.769. The van der Waals surface area contributed by atoms with Gasteiger partial charge in [0.05, 0.1) is 0 Å². The average molecular weight is 321 g/mol. The van der Waals surface area contributed by atoms with E-state index in [9.17, 15) is 4.79 Å². The van der Waals surface area contributed by atoms with Gasteiger partial charge in [0, 0.05) is 29.9 Å². The fourth-order valence-electron chi connectivity index (χ4n) is 2.48. The molecule has 0 saturated carbocycles. The Labute approximate surface area is 135 Å². The van der Waals surface area contributed by atoms with E-state index in [1.807, 2.05) is 26.8 Å². The van der Waals surface area contributed by atoms with Gasteiger partial charge in [0.25, 0.3) is 5.91 Å². The van der Waals surface area contributed by atoms with Gasteiger partial charge < -0.3 is 14.8 Å². The molecule has 2 aromatic rings. The van der Waals surface area contributed by atoms with E-state index < -0.39 is 0 Å². The van der Waals surface area contributed by atoms with Crippen molar-refractivity contribution in [3.63, 3.8) is 0 Å².